The van der Waals surface area contributed by atoms with Gasteiger partial charge in [0.05, 0.1) is 19.9 Å². The highest BCUT2D eigenvalue weighted by Crippen LogP contribution is 2.07. The van der Waals surface area contributed by atoms with Gasteiger partial charge in [0.1, 0.15) is 12.7 Å². The summed E-state index contributed by atoms with van der Waals surface area (Å²) in [4.78, 5) is 11.5. The molecule has 1 aromatic rings. The van der Waals surface area contributed by atoms with E-state index in [9.17, 15) is 14.3 Å². The van der Waals surface area contributed by atoms with E-state index >= 15 is 0 Å². The molecule has 1 aromatic carbocycles. The standard InChI is InChI=1S/C18H27FO4/c19-12-8-3-1-2-7-11-18(21)23-15-17(20)14-22-13-16-9-5-4-6-10-16/h4-6,9-10,17,20H,1-3,7-8,11-15H2/t17-/m0/s1. The summed E-state index contributed by atoms with van der Waals surface area (Å²) in [5.41, 5.74) is 1.03. The molecular formula is C18H27FO4. The number of ether oxygens (including phenoxy) is 2. The van der Waals surface area contributed by atoms with Crippen LogP contribution in [0.4, 0.5) is 4.39 Å². The second-order valence-electron chi connectivity index (χ2n) is 5.54. The number of hydrogen-bond acceptors (Lipinski definition) is 4. The lowest BCUT2D eigenvalue weighted by molar-refractivity contribution is -0.148. The molecule has 0 spiro atoms. The molecule has 1 N–H and O–H groups in total. The molecule has 0 heterocycles. The normalized spacial score (nSPS) is 12.1. The maximum Gasteiger partial charge on any atom is 0.305 e. The molecule has 0 radical (unpaired) electrons. The van der Waals surface area contributed by atoms with Crippen LogP contribution in [0.15, 0.2) is 30.3 Å². The Morgan fingerprint density at radius 2 is 1.74 bits per heavy atom. The van der Waals surface area contributed by atoms with Gasteiger partial charge in [-0.15, -0.1) is 0 Å². The monoisotopic (exact) mass is 326 g/mol. The number of carbonyl (C=O) groups is 1. The first-order valence-corrected chi connectivity index (χ1v) is 8.23. The molecule has 0 aliphatic heterocycles. The minimum atomic E-state index is -0.813. The van der Waals surface area contributed by atoms with Crippen molar-refractivity contribution in [3.63, 3.8) is 0 Å². The topological polar surface area (TPSA) is 55.8 Å². The molecule has 0 aromatic heterocycles. The number of halogens is 1. The molecule has 0 aliphatic carbocycles. The van der Waals surface area contributed by atoms with E-state index in [-0.39, 0.29) is 25.9 Å². The predicted octanol–water partition coefficient (Wildman–Crippen LogP) is 3.42. The maximum absolute atomic E-state index is 11.9. The summed E-state index contributed by atoms with van der Waals surface area (Å²) in [5.74, 6) is -0.308. The third-order valence-corrected chi connectivity index (χ3v) is 3.37. The van der Waals surface area contributed by atoms with Crippen LogP contribution in [-0.4, -0.2) is 37.1 Å². The highest BCUT2D eigenvalue weighted by Gasteiger charge is 2.09. The van der Waals surface area contributed by atoms with E-state index in [1.165, 1.54) is 0 Å². The minimum absolute atomic E-state index is 0.0462. The molecular weight excluding hydrogens is 299 g/mol. The zero-order chi connectivity index (χ0) is 16.8. The van der Waals surface area contributed by atoms with Crippen LogP contribution < -0.4 is 0 Å². The van der Waals surface area contributed by atoms with Crippen molar-refractivity contribution < 1.29 is 23.8 Å². The predicted molar refractivity (Wildman–Crippen MR) is 86.7 cm³/mol. The fourth-order valence-electron chi connectivity index (χ4n) is 2.09. The van der Waals surface area contributed by atoms with Crippen LogP contribution in [0.25, 0.3) is 0 Å². The van der Waals surface area contributed by atoms with E-state index < -0.39 is 6.10 Å². The fraction of sp³-hybridized carbons (Fsp3) is 0.611. The van der Waals surface area contributed by atoms with Crippen LogP contribution in [-0.2, 0) is 20.9 Å². The van der Waals surface area contributed by atoms with E-state index in [2.05, 4.69) is 0 Å². The van der Waals surface area contributed by atoms with Gasteiger partial charge in [-0.05, 0) is 18.4 Å². The lowest BCUT2D eigenvalue weighted by Crippen LogP contribution is -2.23. The molecule has 1 atom stereocenters. The zero-order valence-electron chi connectivity index (χ0n) is 13.6. The number of aliphatic hydroxyl groups is 1. The average Bonchev–Trinajstić information content (AvgIpc) is 2.57. The molecule has 0 unspecified atom stereocenters. The molecule has 0 saturated carbocycles. The number of aliphatic hydroxyl groups excluding tert-OH is 1. The Bertz CT molecular complexity index is 411. The smallest absolute Gasteiger partial charge is 0.305 e. The first kappa shape index (κ1) is 19.6. The Hall–Kier alpha value is -1.46. The van der Waals surface area contributed by atoms with Gasteiger partial charge >= 0.3 is 5.97 Å². The minimum Gasteiger partial charge on any atom is -0.463 e. The van der Waals surface area contributed by atoms with Crippen LogP contribution >= 0.6 is 0 Å². The average molecular weight is 326 g/mol. The highest BCUT2D eigenvalue weighted by atomic mass is 19.1. The lowest BCUT2D eigenvalue weighted by Gasteiger charge is -2.12. The summed E-state index contributed by atoms with van der Waals surface area (Å²) in [6.45, 7) is 0.234. The van der Waals surface area contributed by atoms with Crippen molar-refractivity contribution in [2.24, 2.45) is 0 Å². The van der Waals surface area contributed by atoms with Gasteiger partial charge in [-0.1, -0.05) is 49.6 Å². The van der Waals surface area contributed by atoms with Crippen molar-refractivity contribution in [3.05, 3.63) is 35.9 Å². The molecule has 0 fully saturated rings. The van der Waals surface area contributed by atoms with Gasteiger partial charge in [0.2, 0.25) is 0 Å². The fourth-order valence-corrected chi connectivity index (χ4v) is 2.09. The van der Waals surface area contributed by atoms with Crippen LogP contribution in [0.5, 0.6) is 0 Å². The van der Waals surface area contributed by atoms with Gasteiger partial charge < -0.3 is 14.6 Å². The largest absolute Gasteiger partial charge is 0.463 e. The number of hydrogen-bond donors (Lipinski definition) is 1. The van der Waals surface area contributed by atoms with Gasteiger partial charge in [-0.3, -0.25) is 9.18 Å². The Labute approximate surface area is 137 Å². The number of carbonyl (C=O) groups excluding carboxylic acids is 1. The number of esters is 1. The Morgan fingerprint density at radius 3 is 2.48 bits per heavy atom. The van der Waals surface area contributed by atoms with E-state index in [4.69, 9.17) is 9.47 Å². The molecule has 0 bridgehead atoms. The number of unbranched alkanes of at least 4 members (excludes halogenated alkanes) is 4. The van der Waals surface area contributed by atoms with Crippen LogP contribution in [0.2, 0.25) is 0 Å². The van der Waals surface area contributed by atoms with Crippen molar-refractivity contribution in [1.29, 1.82) is 0 Å². The summed E-state index contributed by atoms with van der Waals surface area (Å²) < 4.78 is 22.3. The molecule has 23 heavy (non-hydrogen) atoms. The Kier molecular flexibility index (Phi) is 11.1. The maximum atomic E-state index is 11.9. The van der Waals surface area contributed by atoms with Crippen LogP contribution in [0, 0.1) is 0 Å². The van der Waals surface area contributed by atoms with Gasteiger partial charge in [0, 0.05) is 6.42 Å². The Morgan fingerprint density at radius 1 is 1.04 bits per heavy atom. The van der Waals surface area contributed by atoms with E-state index in [1.54, 1.807) is 0 Å². The van der Waals surface area contributed by atoms with Crippen molar-refractivity contribution >= 4 is 5.97 Å². The quantitative estimate of drug-likeness (QED) is 0.446. The van der Waals surface area contributed by atoms with Gasteiger partial charge in [0.15, 0.2) is 0 Å². The molecule has 1 rings (SSSR count). The van der Waals surface area contributed by atoms with Crippen molar-refractivity contribution in [1.82, 2.24) is 0 Å². The van der Waals surface area contributed by atoms with Gasteiger partial charge in [-0.25, -0.2) is 0 Å². The zero-order valence-corrected chi connectivity index (χ0v) is 13.6. The summed E-state index contributed by atoms with van der Waals surface area (Å²) in [6.07, 6.45) is 3.57. The number of alkyl halides is 1. The first-order valence-electron chi connectivity index (χ1n) is 8.23. The summed E-state index contributed by atoms with van der Waals surface area (Å²) in [7, 11) is 0. The van der Waals surface area contributed by atoms with E-state index in [1.807, 2.05) is 30.3 Å². The molecule has 0 aliphatic rings. The third kappa shape index (κ3) is 10.8. The Balaban J connectivity index is 1.97. The summed E-state index contributed by atoms with van der Waals surface area (Å²) in [6, 6.07) is 9.67. The summed E-state index contributed by atoms with van der Waals surface area (Å²) >= 11 is 0. The SMILES string of the molecule is O=C(CCCCCCCF)OC[C@@H](O)COCc1ccccc1. The first-order chi connectivity index (χ1) is 11.2. The second kappa shape index (κ2) is 13.0. The summed E-state index contributed by atoms with van der Waals surface area (Å²) in [5, 5.41) is 9.71. The van der Waals surface area contributed by atoms with E-state index in [0.717, 1.165) is 31.2 Å². The van der Waals surface area contributed by atoms with Gasteiger partial charge in [-0.2, -0.15) is 0 Å². The number of rotatable bonds is 13. The van der Waals surface area contributed by atoms with Crippen molar-refractivity contribution in [2.75, 3.05) is 19.9 Å². The number of benzene rings is 1. The van der Waals surface area contributed by atoms with Crippen LogP contribution in [0.1, 0.15) is 44.1 Å². The second-order valence-corrected chi connectivity index (χ2v) is 5.54. The molecule has 4 nitrogen and oxygen atoms in total. The van der Waals surface area contributed by atoms with Crippen molar-refractivity contribution in [3.8, 4) is 0 Å². The highest BCUT2D eigenvalue weighted by molar-refractivity contribution is 5.69. The molecule has 130 valence electrons. The lowest BCUT2D eigenvalue weighted by atomic mass is 10.1. The van der Waals surface area contributed by atoms with E-state index in [0.29, 0.717) is 19.4 Å². The molecule has 5 heteroatoms. The third-order valence-electron chi connectivity index (χ3n) is 3.37. The van der Waals surface area contributed by atoms with Gasteiger partial charge in [0.25, 0.3) is 0 Å². The van der Waals surface area contributed by atoms with Crippen LogP contribution in [0.3, 0.4) is 0 Å². The molecule has 0 amide bonds. The van der Waals surface area contributed by atoms with Crippen molar-refractivity contribution in [2.45, 2.75) is 51.2 Å². The molecule has 0 saturated heterocycles.